The topological polar surface area (TPSA) is 145 Å². The number of nitrogens with two attached hydrogens (primary N) is 1. The quantitative estimate of drug-likeness (QED) is 0.233. The van der Waals surface area contributed by atoms with Crippen molar-refractivity contribution in [2.45, 2.75) is 25.2 Å². The van der Waals surface area contributed by atoms with Gasteiger partial charge in [-0.05, 0) is 62.3 Å². The molecule has 0 aliphatic carbocycles. The fourth-order valence-corrected chi connectivity index (χ4v) is 5.06. The number of halogens is 3. The minimum atomic E-state index is -4.82. The molecule has 0 radical (unpaired) electrons. The maximum atomic E-state index is 13.1. The van der Waals surface area contributed by atoms with E-state index in [0.29, 0.717) is 50.4 Å². The monoisotopic (exact) mass is 566 g/mol. The van der Waals surface area contributed by atoms with Crippen LogP contribution in [0.5, 0.6) is 11.5 Å². The molecule has 0 saturated carbocycles. The van der Waals surface area contributed by atoms with E-state index in [1.54, 1.807) is 18.2 Å². The maximum Gasteiger partial charge on any atom is 0.573 e. The van der Waals surface area contributed by atoms with E-state index in [1.807, 2.05) is 4.68 Å². The van der Waals surface area contributed by atoms with Crippen LogP contribution in [0.15, 0.2) is 48.8 Å². The Morgan fingerprint density at radius 1 is 1.12 bits per heavy atom. The van der Waals surface area contributed by atoms with Crippen molar-refractivity contribution < 1.29 is 27.4 Å². The third-order valence-electron chi connectivity index (χ3n) is 6.97. The van der Waals surface area contributed by atoms with Crippen molar-refractivity contribution in [2.75, 3.05) is 31.2 Å². The second-order valence-electron chi connectivity index (χ2n) is 9.58. The Bertz CT molecular complexity index is 1760. The lowest BCUT2D eigenvalue weighted by Crippen LogP contribution is -2.30. The van der Waals surface area contributed by atoms with Crippen LogP contribution in [-0.2, 0) is 0 Å². The van der Waals surface area contributed by atoms with Gasteiger partial charge in [-0.2, -0.15) is 5.10 Å². The zero-order chi connectivity index (χ0) is 28.7. The fourth-order valence-electron chi connectivity index (χ4n) is 5.06. The Labute approximate surface area is 230 Å². The maximum absolute atomic E-state index is 13.1. The van der Waals surface area contributed by atoms with Gasteiger partial charge in [0, 0.05) is 16.5 Å². The summed E-state index contributed by atoms with van der Waals surface area (Å²) in [6.45, 7) is 1.76. The number of nitrogen functional groups attached to an aromatic ring is 1. The molecule has 0 spiro atoms. The number of benzene rings is 2. The Hall–Kier alpha value is -4.85. The third kappa shape index (κ3) is 5.20. The third-order valence-corrected chi connectivity index (χ3v) is 6.97. The van der Waals surface area contributed by atoms with Crippen LogP contribution in [0, 0.1) is 0 Å². The smallest absolute Gasteiger partial charge is 0.495 e. The van der Waals surface area contributed by atoms with Gasteiger partial charge < -0.3 is 30.8 Å². The van der Waals surface area contributed by atoms with E-state index in [1.165, 1.54) is 37.7 Å². The summed E-state index contributed by atoms with van der Waals surface area (Å²) in [4.78, 5) is 24.6. The number of ether oxygens (including phenoxy) is 2. The first-order chi connectivity index (χ1) is 19.7. The average Bonchev–Trinajstić information content (AvgIpc) is 3.55. The van der Waals surface area contributed by atoms with Gasteiger partial charge in [0.05, 0.1) is 24.2 Å². The van der Waals surface area contributed by atoms with Crippen molar-refractivity contribution in [3.63, 3.8) is 0 Å². The van der Waals surface area contributed by atoms with Gasteiger partial charge in [0.2, 0.25) is 0 Å². The second-order valence-corrected chi connectivity index (χ2v) is 9.58. The highest BCUT2D eigenvalue weighted by Crippen LogP contribution is 2.37. The van der Waals surface area contributed by atoms with E-state index in [-0.39, 0.29) is 17.5 Å². The molecule has 212 valence electrons. The number of amides is 1. The normalized spacial score (nSPS) is 14.4. The number of methoxy groups -OCH3 is 1. The summed E-state index contributed by atoms with van der Waals surface area (Å²) in [6.07, 6.45) is -1.59. The van der Waals surface area contributed by atoms with E-state index in [2.05, 4.69) is 30.3 Å². The minimum absolute atomic E-state index is 0.145. The van der Waals surface area contributed by atoms with Crippen LogP contribution in [0.4, 0.5) is 24.7 Å². The summed E-state index contributed by atoms with van der Waals surface area (Å²) in [6, 6.07) is 10.6. The lowest BCUT2D eigenvalue weighted by molar-refractivity contribution is -0.274. The van der Waals surface area contributed by atoms with E-state index in [9.17, 15) is 18.0 Å². The number of carbonyl (C=O) groups is 1. The molecular formula is C27H25F3N8O3. The first kappa shape index (κ1) is 26.4. The first-order valence-corrected chi connectivity index (χ1v) is 12.8. The number of H-pyrrole nitrogens is 1. The average molecular weight is 567 g/mol. The Balaban J connectivity index is 1.30. The molecule has 11 nitrogen and oxygen atoms in total. The number of aromatic nitrogens is 5. The summed E-state index contributed by atoms with van der Waals surface area (Å²) < 4.78 is 49.2. The number of carbonyl (C=O) groups excluding carboxylic acids is 1. The molecule has 41 heavy (non-hydrogen) atoms. The van der Waals surface area contributed by atoms with Gasteiger partial charge in [-0.25, -0.2) is 14.6 Å². The van der Waals surface area contributed by atoms with Crippen molar-refractivity contribution in [3.05, 3.63) is 54.5 Å². The number of nitrogens with one attached hydrogen (secondary N) is 3. The molecule has 3 aromatic heterocycles. The lowest BCUT2D eigenvalue weighted by atomic mass is 10.1. The second kappa shape index (κ2) is 10.3. The summed E-state index contributed by atoms with van der Waals surface area (Å²) in [7, 11) is 1.48. The molecule has 2 aromatic carbocycles. The number of piperidine rings is 1. The number of hydrogen-bond donors (Lipinski definition) is 4. The minimum Gasteiger partial charge on any atom is -0.495 e. The number of alkyl halides is 3. The molecule has 5 N–H and O–H groups in total. The van der Waals surface area contributed by atoms with Gasteiger partial charge in [0.25, 0.3) is 5.91 Å². The molecule has 1 fully saturated rings. The molecule has 0 atom stereocenters. The number of fused-ring (bicyclic) bond motifs is 2. The van der Waals surface area contributed by atoms with Crippen LogP contribution < -0.4 is 25.8 Å². The molecule has 5 aromatic rings. The number of rotatable bonds is 6. The van der Waals surface area contributed by atoms with Crippen LogP contribution in [0.3, 0.4) is 0 Å². The highest BCUT2D eigenvalue weighted by atomic mass is 19.4. The van der Waals surface area contributed by atoms with E-state index < -0.39 is 12.3 Å². The predicted octanol–water partition coefficient (Wildman–Crippen LogP) is 4.64. The van der Waals surface area contributed by atoms with E-state index >= 15 is 0 Å². The molecule has 1 saturated heterocycles. The number of aromatic amines is 1. The van der Waals surface area contributed by atoms with E-state index in [0.717, 1.165) is 25.9 Å². The Morgan fingerprint density at radius 2 is 1.93 bits per heavy atom. The van der Waals surface area contributed by atoms with Crippen LogP contribution >= 0.6 is 0 Å². The zero-order valence-electron chi connectivity index (χ0n) is 21.7. The molecular weight excluding hydrogens is 541 g/mol. The Morgan fingerprint density at radius 3 is 2.68 bits per heavy atom. The predicted molar refractivity (Wildman–Crippen MR) is 146 cm³/mol. The van der Waals surface area contributed by atoms with Gasteiger partial charge in [-0.1, -0.05) is 6.07 Å². The SMILES string of the molecule is COc1cc(-c2nn(C3CCNCC3)c3ncnc(N)c23)ccc1NC(=O)c1cc2cc(OC(F)(F)F)ccc2[nH]1. The summed E-state index contributed by atoms with van der Waals surface area (Å²) in [5.74, 6) is -0.213. The lowest BCUT2D eigenvalue weighted by Gasteiger charge is -2.23. The molecule has 1 amide bonds. The van der Waals surface area contributed by atoms with Crippen molar-refractivity contribution in [3.8, 4) is 22.8 Å². The van der Waals surface area contributed by atoms with Crippen molar-refractivity contribution in [1.82, 2.24) is 30.0 Å². The van der Waals surface area contributed by atoms with Crippen LogP contribution in [-0.4, -0.2) is 57.2 Å². The number of hydrogen-bond acceptors (Lipinski definition) is 8. The van der Waals surface area contributed by atoms with Gasteiger partial charge in [-0.3, -0.25) is 4.79 Å². The first-order valence-electron chi connectivity index (χ1n) is 12.8. The number of nitrogens with zero attached hydrogens (tertiary/aromatic N) is 4. The summed E-state index contributed by atoms with van der Waals surface area (Å²) in [5.41, 5.74) is 9.21. The van der Waals surface area contributed by atoms with Gasteiger partial charge >= 0.3 is 6.36 Å². The van der Waals surface area contributed by atoms with Crippen molar-refractivity contribution >= 4 is 39.3 Å². The highest BCUT2D eigenvalue weighted by molar-refractivity contribution is 6.07. The van der Waals surface area contributed by atoms with Gasteiger partial charge in [0.15, 0.2) is 5.65 Å². The molecule has 0 bridgehead atoms. The van der Waals surface area contributed by atoms with Crippen LogP contribution in [0.1, 0.15) is 29.4 Å². The van der Waals surface area contributed by atoms with E-state index in [4.69, 9.17) is 15.6 Å². The Kier molecular flexibility index (Phi) is 6.61. The van der Waals surface area contributed by atoms with Crippen molar-refractivity contribution in [2.24, 2.45) is 0 Å². The largest absolute Gasteiger partial charge is 0.573 e. The number of anilines is 2. The van der Waals surface area contributed by atoms with Gasteiger partial charge in [-0.15, -0.1) is 13.2 Å². The van der Waals surface area contributed by atoms with Gasteiger partial charge in [0.1, 0.15) is 35.0 Å². The van der Waals surface area contributed by atoms with Crippen LogP contribution in [0.2, 0.25) is 0 Å². The molecule has 1 aliphatic heterocycles. The standard InChI is InChI=1S/C27H25F3N8O3/c1-40-21-12-14(23-22-24(31)33-13-34-25(22)38(37-23)16-6-8-32-9-7-16)2-4-19(21)36-26(39)20-11-15-10-17(41-27(28,29)30)3-5-18(15)35-20/h2-5,10-13,16,32,35H,6-9H2,1H3,(H,36,39)(H2,31,33,34). The highest BCUT2D eigenvalue weighted by Gasteiger charge is 2.31. The fraction of sp³-hybridized carbons (Fsp3) is 0.259. The van der Waals surface area contributed by atoms with Crippen LogP contribution in [0.25, 0.3) is 33.2 Å². The molecule has 0 unspecified atom stereocenters. The van der Waals surface area contributed by atoms with Crippen molar-refractivity contribution in [1.29, 1.82) is 0 Å². The summed E-state index contributed by atoms with van der Waals surface area (Å²) >= 11 is 0. The zero-order valence-corrected chi connectivity index (χ0v) is 21.7. The molecule has 14 heteroatoms. The summed E-state index contributed by atoms with van der Waals surface area (Å²) in [5, 5.41) is 12.0. The molecule has 1 aliphatic rings. The molecule has 4 heterocycles. The molecule has 6 rings (SSSR count).